The van der Waals surface area contributed by atoms with Crippen LogP contribution in [-0.4, -0.2) is 42.7 Å². The van der Waals surface area contributed by atoms with Crippen molar-refractivity contribution >= 4 is 11.0 Å². The van der Waals surface area contributed by atoms with E-state index in [-0.39, 0.29) is 6.17 Å². The third-order valence-corrected chi connectivity index (χ3v) is 4.37. The molecule has 1 N–H and O–H groups in total. The third-order valence-electron chi connectivity index (χ3n) is 4.37. The first-order chi connectivity index (χ1) is 11.4. The second-order valence-corrected chi connectivity index (χ2v) is 5.76. The predicted molar refractivity (Wildman–Crippen MR) is 85.2 cm³/mol. The highest BCUT2D eigenvalue weighted by molar-refractivity contribution is 5.89. The largest absolute Gasteiger partial charge is 0.346 e. The standard InChI is InChI=1S/C16H17N7/c17-5-3-14(22-7-1-2-8-22)23-10-12(9-21-23)15-13-4-6-18-16(13)20-11-19-15/h4,6,9-11,14H,1-3,7-8H2,(H,18,19,20). The highest BCUT2D eigenvalue weighted by Gasteiger charge is 2.24. The maximum atomic E-state index is 9.15. The molecule has 4 heterocycles. The first kappa shape index (κ1) is 13.9. The van der Waals surface area contributed by atoms with Crippen molar-refractivity contribution in [2.45, 2.75) is 25.4 Å². The van der Waals surface area contributed by atoms with Gasteiger partial charge in [-0.2, -0.15) is 10.4 Å². The molecule has 4 rings (SSSR count). The molecule has 7 nitrogen and oxygen atoms in total. The summed E-state index contributed by atoms with van der Waals surface area (Å²) in [5.41, 5.74) is 2.62. The molecular formula is C16H17N7. The summed E-state index contributed by atoms with van der Waals surface area (Å²) in [6.07, 6.45) is 10.0. The van der Waals surface area contributed by atoms with E-state index < -0.39 is 0 Å². The summed E-state index contributed by atoms with van der Waals surface area (Å²) in [7, 11) is 0. The van der Waals surface area contributed by atoms with Gasteiger partial charge in [-0.25, -0.2) is 9.97 Å². The van der Waals surface area contributed by atoms with Crippen LogP contribution in [0.4, 0.5) is 0 Å². The van der Waals surface area contributed by atoms with Crippen LogP contribution in [-0.2, 0) is 0 Å². The van der Waals surface area contributed by atoms with Crippen LogP contribution < -0.4 is 0 Å². The number of H-pyrrole nitrogens is 1. The minimum absolute atomic E-state index is 0.000183. The third kappa shape index (κ3) is 2.47. The van der Waals surface area contributed by atoms with Gasteiger partial charge in [0.05, 0.1) is 24.4 Å². The zero-order valence-corrected chi connectivity index (χ0v) is 12.7. The SMILES string of the molecule is N#CCC(N1CCCC1)n1cc(-c2ncnc3[nH]ccc23)cn1. The van der Waals surface area contributed by atoms with E-state index in [0.717, 1.165) is 35.4 Å². The molecule has 1 atom stereocenters. The molecule has 0 spiro atoms. The summed E-state index contributed by atoms with van der Waals surface area (Å²) in [6, 6.07) is 4.25. The number of aromatic amines is 1. The van der Waals surface area contributed by atoms with E-state index in [0.29, 0.717) is 6.42 Å². The Balaban J connectivity index is 1.70. The fourth-order valence-electron chi connectivity index (χ4n) is 3.24. The average Bonchev–Trinajstić information content (AvgIpc) is 3.32. The lowest BCUT2D eigenvalue weighted by molar-refractivity contribution is 0.165. The number of hydrogen-bond donors (Lipinski definition) is 1. The van der Waals surface area contributed by atoms with Crippen molar-refractivity contribution in [1.82, 2.24) is 29.6 Å². The molecule has 1 unspecified atom stereocenters. The fourth-order valence-corrected chi connectivity index (χ4v) is 3.24. The topological polar surface area (TPSA) is 86.4 Å². The van der Waals surface area contributed by atoms with Gasteiger partial charge in [0, 0.05) is 36.4 Å². The molecule has 0 aromatic carbocycles. The lowest BCUT2D eigenvalue weighted by Crippen LogP contribution is -2.30. The second kappa shape index (κ2) is 5.82. The fraction of sp³-hybridized carbons (Fsp3) is 0.375. The molecule has 23 heavy (non-hydrogen) atoms. The van der Waals surface area contributed by atoms with Crippen LogP contribution in [0, 0.1) is 11.3 Å². The van der Waals surface area contributed by atoms with Crippen molar-refractivity contribution in [2.24, 2.45) is 0 Å². The average molecular weight is 307 g/mol. The van der Waals surface area contributed by atoms with Crippen molar-refractivity contribution < 1.29 is 0 Å². The van der Waals surface area contributed by atoms with E-state index in [9.17, 15) is 0 Å². The van der Waals surface area contributed by atoms with Crippen molar-refractivity contribution in [3.8, 4) is 17.3 Å². The summed E-state index contributed by atoms with van der Waals surface area (Å²) < 4.78 is 1.89. The van der Waals surface area contributed by atoms with Crippen molar-refractivity contribution in [2.75, 3.05) is 13.1 Å². The van der Waals surface area contributed by atoms with Crippen LogP contribution >= 0.6 is 0 Å². The minimum atomic E-state index is -0.000183. The van der Waals surface area contributed by atoms with Gasteiger partial charge < -0.3 is 4.98 Å². The maximum absolute atomic E-state index is 9.15. The Labute approximate surface area is 133 Å². The Morgan fingerprint density at radius 2 is 2.17 bits per heavy atom. The maximum Gasteiger partial charge on any atom is 0.141 e. The Bertz CT molecular complexity index is 851. The lowest BCUT2D eigenvalue weighted by atomic mass is 10.2. The van der Waals surface area contributed by atoms with E-state index in [1.54, 1.807) is 6.33 Å². The minimum Gasteiger partial charge on any atom is -0.346 e. The first-order valence-corrected chi connectivity index (χ1v) is 7.80. The monoisotopic (exact) mass is 307 g/mol. The van der Waals surface area contributed by atoms with E-state index in [1.807, 2.05) is 29.3 Å². The van der Waals surface area contributed by atoms with Crippen molar-refractivity contribution in [3.05, 3.63) is 31.0 Å². The Hall–Kier alpha value is -2.72. The summed E-state index contributed by atoms with van der Waals surface area (Å²) in [5, 5.41) is 14.6. The second-order valence-electron chi connectivity index (χ2n) is 5.76. The van der Waals surface area contributed by atoms with Gasteiger partial charge in [-0.3, -0.25) is 9.58 Å². The van der Waals surface area contributed by atoms with Crippen LogP contribution in [0.5, 0.6) is 0 Å². The number of rotatable bonds is 4. The lowest BCUT2D eigenvalue weighted by Gasteiger charge is -2.25. The molecule has 0 bridgehead atoms. The number of fused-ring (bicyclic) bond motifs is 1. The molecule has 7 heteroatoms. The molecule has 1 aliphatic rings. The number of likely N-dealkylation sites (tertiary alicyclic amines) is 1. The molecule has 3 aromatic rings. The normalized spacial score (nSPS) is 16.7. The summed E-state index contributed by atoms with van der Waals surface area (Å²) >= 11 is 0. The Morgan fingerprint density at radius 3 is 3.00 bits per heavy atom. The zero-order chi connectivity index (χ0) is 15.6. The predicted octanol–water partition coefficient (Wildman–Crippen LogP) is 2.33. The van der Waals surface area contributed by atoms with Crippen molar-refractivity contribution in [1.29, 1.82) is 5.26 Å². The molecule has 0 radical (unpaired) electrons. The Kier molecular flexibility index (Phi) is 3.52. The molecule has 1 fully saturated rings. The molecule has 3 aromatic heterocycles. The zero-order valence-electron chi connectivity index (χ0n) is 12.7. The number of nitrogens with one attached hydrogen (secondary N) is 1. The molecular weight excluding hydrogens is 290 g/mol. The van der Waals surface area contributed by atoms with Crippen LogP contribution in [0.2, 0.25) is 0 Å². The molecule has 1 aliphatic heterocycles. The van der Waals surface area contributed by atoms with Crippen molar-refractivity contribution in [3.63, 3.8) is 0 Å². The van der Waals surface area contributed by atoms with E-state index in [2.05, 4.69) is 31.0 Å². The van der Waals surface area contributed by atoms with Gasteiger partial charge in [-0.15, -0.1) is 0 Å². The van der Waals surface area contributed by atoms with Gasteiger partial charge in [0.15, 0.2) is 0 Å². The van der Waals surface area contributed by atoms with Crippen LogP contribution in [0.3, 0.4) is 0 Å². The molecule has 0 saturated carbocycles. The number of hydrogen-bond acceptors (Lipinski definition) is 5. The van der Waals surface area contributed by atoms with Gasteiger partial charge in [-0.1, -0.05) is 0 Å². The number of aromatic nitrogens is 5. The molecule has 0 aliphatic carbocycles. The summed E-state index contributed by atoms with van der Waals surface area (Å²) in [5.74, 6) is 0. The first-order valence-electron chi connectivity index (χ1n) is 7.80. The van der Waals surface area contributed by atoms with Gasteiger partial charge in [0.2, 0.25) is 0 Å². The van der Waals surface area contributed by atoms with Gasteiger partial charge in [-0.05, 0) is 18.9 Å². The summed E-state index contributed by atoms with van der Waals surface area (Å²) in [4.78, 5) is 14.0. The van der Waals surface area contributed by atoms with Crippen LogP contribution in [0.25, 0.3) is 22.3 Å². The van der Waals surface area contributed by atoms with E-state index >= 15 is 0 Å². The van der Waals surface area contributed by atoms with Gasteiger partial charge >= 0.3 is 0 Å². The number of nitriles is 1. The van der Waals surface area contributed by atoms with E-state index in [1.165, 1.54) is 12.8 Å². The Morgan fingerprint density at radius 1 is 1.30 bits per heavy atom. The van der Waals surface area contributed by atoms with Gasteiger partial charge in [0.25, 0.3) is 0 Å². The highest BCUT2D eigenvalue weighted by atomic mass is 15.4. The smallest absolute Gasteiger partial charge is 0.141 e. The summed E-state index contributed by atoms with van der Waals surface area (Å²) in [6.45, 7) is 2.05. The number of nitrogens with zero attached hydrogens (tertiary/aromatic N) is 6. The van der Waals surface area contributed by atoms with E-state index in [4.69, 9.17) is 5.26 Å². The molecule has 116 valence electrons. The molecule has 0 amide bonds. The molecule has 1 saturated heterocycles. The quantitative estimate of drug-likeness (QED) is 0.799. The van der Waals surface area contributed by atoms with Crippen LogP contribution in [0.1, 0.15) is 25.4 Å². The van der Waals surface area contributed by atoms with Crippen LogP contribution in [0.15, 0.2) is 31.0 Å². The van der Waals surface area contributed by atoms with Gasteiger partial charge in [0.1, 0.15) is 18.1 Å². The highest BCUT2D eigenvalue weighted by Crippen LogP contribution is 2.27.